The van der Waals surface area contributed by atoms with Crippen molar-refractivity contribution >= 4 is 6.92 Å². The van der Waals surface area contributed by atoms with E-state index in [1.807, 2.05) is 13.6 Å². The minimum Gasteiger partial charge on any atom is -0.415 e. The molecule has 0 aliphatic carbocycles. The average Bonchev–Trinajstić information content (AvgIpc) is 1.61. The highest BCUT2D eigenvalue weighted by atomic mass is 16.6. The molecule has 0 aliphatic rings. The molecule has 0 rings (SSSR count). The van der Waals surface area contributed by atoms with Gasteiger partial charge in [0, 0.05) is 7.11 Å². The van der Waals surface area contributed by atoms with E-state index in [2.05, 4.69) is 4.74 Å². The first-order valence-corrected chi connectivity index (χ1v) is 2.38. The molecule has 2 nitrogen and oxygen atoms in total. The molecule has 3 heteroatoms. The fourth-order valence-electron chi connectivity index (χ4n) is 0.204. The van der Waals surface area contributed by atoms with E-state index < -0.39 is 0 Å². The lowest BCUT2D eigenvalue weighted by Gasteiger charge is -2.00. The summed E-state index contributed by atoms with van der Waals surface area (Å²) in [6.45, 7) is 4.62. The molecule has 0 fully saturated rings. The maximum absolute atomic E-state index is 4.97. The molecule has 0 atom stereocenters. The summed E-state index contributed by atoms with van der Waals surface area (Å²) < 4.78 is 9.60. The zero-order valence-electron chi connectivity index (χ0n) is 5.10. The Morgan fingerprint density at radius 2 is 2.00 bits per heavy atom. The van der Waals surface area contributed by atoms with E-state index >= 15 is 0 Å². The number of methoxy groups -OCH3 is 1. The Labute approximate surface area is 44.9 Å². The van der Waals surface area contributed by atoms with Gasteiger partial charge in [-0.3, -0.25) is 0 Å². The number of hydrogen-bond donors (Lipinski definition) is 0. The lowest BCUT2D eigenvalue weighted by molar-refractivity contribution is 0.0505. The lowest BCUT2D eigenvalue weighted by atomic mass is 9.75. The van der Waals surface area contributed by atoms with Gasteiger partial charge < -0.3 is 9.39 Å². The third kappa shape index (κ3) is 5.98. The van der Waals surface area contributed by atoms with Crippen LogP contribution in [0.1, 0.15) is 0 Å². The minimum absolute atomic E-state index is 0.278. The summed E-state index contributed by atoms with van der Waals surface area (Å²) in [5, 5.41) is 0. The maximum Gasteiger partial charge on any atom is 0.289 e. The Balaban J connectivity index is 2.68. The summed E-state index contributed by atoms with van der Waals surface area (Å²) in [5.74, 6) is 0. The topological polar surface area (TPSA) is 18.5 Å². The fraction of sp³-hybridized carbons (Fsp3) is 1.00. The molecule has 0 heterocycles. The van der Waals surface area contributed by atoms with Crippen molar-refractivity contribution in [3.05, 3.63) is 0 Å². The van der Waals surface area contributed by atoms with Crippen LogP contribution in [0.2, 0.25) is 13.6 Å². The molecule has 0 aromatic carbocycles. The summed E-state index contributed by atoms with van der Waals surface area (Å²) in [6, 6.07) is 0. The van der Waals surface area contributed by atoms with Gasteiger partial charge >= 0.3 is 0 Å². The van der Waals surface area contributed by atoms with E-state index in [0.29, 0.717) is 6.79 Å². The standard InChI is InChI=1S/C4H11BO2/c1-5(2)7-4-6-3/h4H2,1-3H3. The van der Waals surface area contributed by atoms with Crippen molar-refractivity contribution in [1.29, 1.82) is 0 Å². The van der Waals surface area contributed by atoms with Crippen LogP contribution in [0.15, 0.2) is 0 Å². The van der Waals surface area contributed by atoms with Gasteiger partial charge in [-0.1, -0.05) is 13.6 Å². The van der Waals surface area contributed by atoms with Crippen molar-refractivity contribution < 1.29 is 9.39 Å². The highest BCUT2D eigenvalue weighted by Gasteiger charge is 1.94. The molecule has 0 aromatic heterocycles. The van der Waals surface area contributed by atoms with Crippen LogP contribution in [-0.2, 0) is 9.39 Å². The second-order valence-corrected chi connectivity index (χ2v) is 1.62. The molecule has 0 bridgehead atoms. The Morgan fingerprint density at radius 3 is 2.14 bits per heavy atom. The number of ether oxygens (including phenoxy) is 1. The molecule has 0 radical (unpaired) electrons. The van der Waals surface area contributed by atoms with E-state index in [9.17, 15) is 0 Å². The largest absolute Gasteiger partial charge is 0.415 e. The van der Waals surface area contributed by atoms with Gasteiger partial charge in [-0.15, -0.1) is 0 Å². The average molecular weight is 102 g/mol. The molecule has 0 amide bonds. The first-order chi connectivity index (χ1) is 3.27. The molecule has 42 valence electrons. The third-order valence-electron chi connectivity index (χ3n) is 0.519. The molecule has 0 saturated carbocycles. The van der Waals surface area contributed by atoms with Crippen LogP contribution in [0.25, 0.3) is 0 Å². The summed E-state index contributed by atoms with van der Waals surface area (Å²) in [6.07, 6.45) is 0. The van der Waals surface area contributed by atoms with Crippen LogP contribution in [0, 0.1) is 0 Å². The monoisotopic (exact) mass is 102 g/mol. The van der Waals surface area contributed by atoms with Gasteiger partial charge in [-0.2, -0.15) is 0 Å². The zero-order chi connectivity index (χ0) is 5.70. The van der Waals surface area contributed by atoms with Crippen LogP contribution >= 0.6 is 0 Å². The number of hydrogen-bond acceptors (Lipinski definition) is 2. The highest BCUT2D eigenvalue weighted by Crippen LogP contribution is 1.80. The Kier molecular flexibility index (Phi) is 4.14. The summed E-state index contributed by atoms with van der Waals surface area (Å²) >= 11 is 0. The molecule has 7 heavy (non-hydrogen) atoms. The second kappa shape index (κ2) is 4.15. The molecular weight excluding hydrogens is 90.9 g/mol. The Morgan fingerprint density at radius 1 is 1.43 bits per heavy atom. The quantitative estimate of drug-likeness (QED) is 0.388. The summed E-state index contributed by atoms with van der Waals surface area (Å²) in [7, 11) is 1.61. The first kappa shape index (κ1) is 6.98. The Hall–Kier alpha value is -0.0151. The van der Waals surface area contributed by atoms with Crippen molar-refractivity contribution in [3.63, 3.8) is 0 Å². The predicted octanol–water partition coefficient (Wildman–Crippen LogP) is 0.858. The van der Waals surface area contributed by atoms with E-state index in [-0.39, 0.29) is 6.92 Å². The van der Waals surface area contributed by atoms with Crippen LogP contribution < -0.4 is 0 Å². The second-order valence-electron chi connectivity index (χ2n) is 1.62. The SMILES string of the molecule is COCOB(C)C. The summed E-state index contributed by atoms with van der Waals surface area (Å²) in [4.78, 5) is 0. The van der Waals surface area contributed by atoms with Gasteiger partial charge in [0.05, 0.1) is 0 Å². The van der Waals surface area contributed by atoms with Crippen molar-refractivity contribution in [2.75, 3.05) is 13.9 Å². The van der Waals surface area contributed by atoms with Gasteiger partial charge in [0.25, 0.3) is 6.92 Å². The minimum atomic E-state index is 0.278. The molecule has 0 aromatic rings. The molecule has 0 unspecified atom stereocenters. The molecule has 0 N–H and O–H groups in total. The maximum atomic E-state index is 4.97. The van der Waals surface area contributed by atoms with E-state index in [4.69, 9.17) is 4.65 Å². The molecule has 0 aliphatic heterocycles. The summed E-state index contributed by atoms with van der Waals surface area (Å²) in [5.41, 5.74) is 0. The fourth-order valence-corrected chi connectivity index (χ4v) is 0.204. The van der Waals surface area contributed by atoms with Gasteiger partial charge in [0.2, 0.25) is 0 Å². The molecular formula is C4H11BO2. The smallest absolute Gasteiger partial charge is 0.289 e. The van der Waals surface area contributed by atoms with Gasteiger partial charge in [-0.05, 0) is 0 Å². The van der Waals surface area contributed by atoms with Crippen LogP contribution in [0.3, 0.4) is 0 Å². The molecule has 0 spiro atoms. The van der Waals surface area contributed by atoms with Crippen LogP contribution in [0.4, 0.5) is 0 Å². The highest BCUT2D eigenvalue weighted by molar-refractivity contribution is 6.48. The van der Waals surface area contributed by atoms with Gasteiger partial charge in [0.15, 0.2) is 0 Å². The third-order valence-corrected chi connectivity index (χ3v) is 0.519. The van der Waals surface area contributed by atoms with Crippen molar-refractivity contribution in [2.24, 2.45) is 0 Å². The van der Waals surface area contributed by atoms with Crippen molar-refractivity contribution in [3.8, 4) is 0 Å². The van der Waals surface area contributed by atoms with Crippen molar-refractivity contribution in [1.82, 2.24) is 0 Å². The zero-order valence-corrected chi connectivity index (χ0v) is 5.10. The molecule has 0 saturated heterocycles. The van der Waals surface area contributed by atoms with E-state index in [0.717, 1.165) is 0 Å². The van der Waals surface area contributed by atoms with Gasteiger partial charge in [0.1, 0.15) is 6.79 Å². The lowest BCUT2D eigenvalue weighted by Crippen LogP contribution is -2.09. The number of rotatable bonds is 3. The normalized spacial score (nSPS) is 9.00. The van der Waals surface area contributed by atoms with Crippen LogP contribution in [-0.4, -0.2) is 20.8 Å². The van der Waals surface area contributed by atoms with E-state index in [1.165, 1.54) is 0 Å². The predicted molar refractivity (Wildman–Crippen MR) is 30.4 cm³/mol. The van der Waals surface area contributed by atoms with E-state index in [1.54, 1.807) is 7.11 Å². The Bertz CT molecular complexity index is 38.7. The van der Waals surface area contributed by atoms with Gasteiger partial charge in [-0.25, -0.2) is 0 Å². The van der Waals surface area contributed by atoms with Crippen molar-refractivity contribution in [2.45, 2.75) is 13.6 Å². The van der Waals surface area contributed by atoms with Crippen LogP contribution in [0.5, 0.6) is 0 Å². The first-order valence-electron chi connectivity index (χ1n) is 2.38.